The highest BCUT2D eigenvalue weighted by molar-refractivity contribution is 7.11. The lowest BCUT2D eigenvalue weighted by Crippen LogP contribution is -2.42. The predicted octanol–water partition coefficient (Wildman–Crippen LogP) is 2.01. The van der Waals surface area contributed by atoms with Gasteiger partial charge in [0, 0.05) is 31.1 Å². The molecule has 1 aromatic heterocycles. The molecule has 0 spiro atoms. The standard InChI is InChI=1S/C10H17N3S.2ClH/c1-8-9(2)14-10(12-8)7-13-5-3-11-4-6-13;;/h11H,3-7H2,1-2H3;2*1H. The van der Waals surface area contributed by atoms with Crippen LogP contribution in [0.1, 0.15) is 15.6 Å². The van der Waals surface area contributed by atoms with Gasteiger partial charge in [0.2, 0.25) is 0 Å². The molecule has 0 saturated carbocycles. The van der Waals surface area contributed by atoms with E-state index in [-0.39, 0.29) is 24.8 Å². The Balaban J connectivity index is 0.00000112. The first-order valence-corrected chi connectivity index (χ1v) is 5.93. The Labute approximate surface area is 113 Å². The summed E-state index contributed by atoms with van der Waals surface area (Å²) in [6.07, 6.45) is 0. The second-order valence-electron chi connectivity index (χ2n) is 3.78. The lowest BCUT2D eigenvalue weighted by Gasteiger charge is -2.26. The van der Waals surface area contributed by atoms with E-state index in [0.29, 0.717) is 0 Å². The number of aryl methyl sites for hydroxylation is 2. The number of halogens is 2. The van der Waals surface area contributed by atoms with Crippen molar-refractivity contribution in [3.63, 3.8) is 0 Å². The van der Waals surface area contributed by atoms with Crippen LogP contribution >= 0.6 is 36.2 Å². The average molecular weight is 284 g/mol. The highest BCUT2D eigenvalue weighted by atomic mass is 35.5. The van der Waals surface area contributed by atoms with E-state index in [4.69, 9.17) is 0 Å². The van der Waals surface area contributed by atoms with Crippen molar-refractivity contribution >= 4 is 36.2 Å². The van der Waals surface area contributed by atoms with Crippen LogP contribution in [-0.2, 0) is 6.54 Å². The fourth-order valence-corrected chi connectivity index (χ4v) is 2.64. The summed E-state index contributed by atoms with van der Waals surface area (Å²) in [5, 5.41) is 4.62. The van der Waals surface area contributed by atoms with Crippen LogP contribution < -0.4 is 5.32 Å². The molecule has 16 heavy (non-hydrogen) atoms. The maximum absolute atomic E-state index is 4.56. The summed E-state index contributed by atoms with van der Waals surface area (Å²) >= 11 is 1.83. The largest absolute Gasteiger partial charge is 0.314 e. The molecule has 0 radical (unpaired) electrons. The zero-order valence-corrected chi connectivity index (χ0v) is 12.1. The molecule has 6 heteroatoms. The van der Waals surface area contributed by atoms with Crippen LogP contribution in [0.2, 0.25) is 0 Å². The first kappa shape index (κ1) is 16.1. The molecule has 94 valence electrons. The van der Waals surface area contributed by atoms with Gasteiger partial charge in [0.05, 0.1) is 12.2 Å². The molecule has 0 aliphatic carbocycles. The maximum atomic E-state index is 4.56. The molecule has 0 amide bonds. The third-order valence-electron chi connectivity index (χ3n) is 2.64. The first-order chi connectivity index (χ1) is 6.75. The van der Waals surface area contributed by atoms with Crippen molar-refractivity contribution < 1.29 is 0 Å². The summed E-state index contributed by atoms with van der Waals surface area (Å²) in [4.78, 5) is 8.38. The summed E-state index contributed by atoms with van der Waals surface area (Å²) < 4.78 is 0. The van der Waals surface area contributed by atoms with E-state index in [9.17, 15) is 0 Å². The molecule has 1 aliphatic heterocycles. The summed E-state index contributed by atoms with van der Waals surface area (Å²) in [7, 11) is 0. The Kier molecular flexibility index (Phi) is 7.52. The Bertz CT molecular complexity index is 292. The van der Waals surface area contributed by atoms with Crippen molar-refractivity contribution in [1.82, 2.24) is 15.2 Å². The van der Waals surface area contributed by atoms with Crippen LogP contribution in [-0.4, -0.2) is 36.1 Å². The fourth-order valence-electron chi connectivity index (χ4n) is 1.67. The van der Waals surface area contributed by atoms with Gasteiger partial charge in [-0.15, -0.1) is 36.2 Å². The smallest absolute Gasteiger partial charge is 0.107 e. The molecule has 1 fully saturated rings. The molecule has 1 N–H and O–H groups in total. The van der Waals surface area contributed by atoms with E-state index in [2.05, 4.69) is 29.0 Å². The molecular weight excluding hydrogens is 265 g/mol. The topological polar surface area (TPSA) is 28.2 Å². The van der Waals surface area contributed by atoms with Gasteiger partial charge >= 0.3 is 0 Å². The number of hydrogen-bond donors (Lipinski definition) is 1. The van der Waals surface area contributed by atoms with E-state index in [1.54, 1.807) is 0 Å². The highest BCUT2D eigenvalue weighted by Crippen LogP contribution is 2.17. The van der Waals surface area contributed by atoms with Gasteiger partial charge in [-0.3, -0.25) is 4.90 Å². The summed E-state index contributed by atoms with van der Waals surface area (Å²) in [5.74, 6) is 0. The normalized spacial score (nSPS) is 16.4. The Morgan fingerprint density at radius 2 is 1.88 bits per heavy atom. The van der Waals surface area contributed by atoms with Gasteiger partial charge in [-0.05, 0) is 13.8 Å². The fraction of sp³-hybridized carbons (Fsp3) is 0.700. The minimum absolute atomic E-state index is 0. The van der Waals surface area contributed by atoms with Gasteiger partial charge in [-0.2, -0.15) is 0 Å². The third kappa shape index (κ3) is 4.18. The second kappa shape index (κ2) is 7.45. The Morgan fingerprint density at radius 1 is 1.25 bits per heavy atom. The molecule has 0 aromatic carbocycles. The van der Waals surface area contributed by atoms with Crippen molar-refractivity contribution in [2.75, 3.05) is 26.2 Å². The molecule has 1 aliphatic rings. The molecule has 3 nitrogen and oxygen atoms in total. The first-order valence-electron chi connectivity index (χ1n) is 5.11. The van der Waals surface area contributed by atoms with E-state index in [0.717, 1.165) is 32.7 Å². The quantitative estimate of drug-likeness (QED) is 0.900. The number of piperazine rings is 1. The van der Waals surface area contributed by atoms with Crippen molar-refractivity contribution in [2.24, 2.45) is 0 Å². The van der Waals surface area contributed by atoms with Crippen molar-refractivity contribution in [1.29, 1.82) is 0 Å². The SMILES string of the molecule is Cc1nc(CN2CCNCC2)sc1C.Cl.Cl. The number of rotatable bonds is 2. The number of hydrogen-bond acceptors (Lipinski definition) is 4. The van der Waals surface area contributed by atoms with Gasteiger partial charge in [-0.25, -0.2) is 4.98 Å². The number of thiazole rings is 1. The average Bonchev–Trinajstić information content (AvgIpc) is 2.47. The summed E-state index contributed by atoms with van der Waals surface area (Å²) in [5.41, 5.74) is 1.19. The Hall–Kier alpha value is 0.130. The number of nitrogens with one attached hydrogen (secondary N) is 1. The molecule has 1 saturated heterocycles. The van der Waals surface area contributed by atoms with E-state index in [1.165, 1.54) is 15.6 Å². The number of aromatic nitrogens is 1. The third-order valence-corrected chi connectivity index (χ3v) is 3.70. The van der Waals surface area contributed by atoms with E-state index >= 15 is 0 Å². The van der Waals surface area contributed by atoms with Crippen LogP contribution in [0.4, 0.5) is 0 Å². The van der Waals surface area contributed by atoms with E-state index < -0.39 is 0 Å². The molecule has 2 heterocycles. The van der Waals surface area contributed by atoms with Gasteiger partial charge in [0.25, 0.3) is 0 Å². The van der Waals surface area contributed by atoms with Crippen LogP contribution in [0.3, 0.4) is 0 Å². The zero-order chi connectivity index (χ0) is 9.97. The minimum atomic E-state index is 0. The molecule has 0 bridgehead atoms. The van der Waals surface area contributed by atoms with Crippen molar-refractivity contribution in [2.45, 2.75) is 20.4 Å². The monoisotopic (exact) mass is 283 g/mol. The lowest BCUT2D eigenvalue weighted by atomic mass is 10.3. The van der Waals surface area contributed by atoms with Crippen molar-refractivity contribution in [3.05, 3.63) is 15.6 Å². The second-order valence-corrected chi connectivity index (χ2v) is 5.06. The summed E-state index contributed by atoms with van der Waals surface area (Å²) in [6.45, 7) is 9.80. The van der Waals surface area contributed by atoms with Crippen LogP contribution in [0.25, 0.3) is 0 Å². The minimum Gasteiger partial charge on any atom is -0.314 e. The number of nitrogens with zero attached hydrogens (tertiary/aromatic N) is 2. The molecule has 0 atom stereocenters. The van der Waals surface area contributed by atoms with Crippen molar-refractivity contribution in [3.8, 4) is 0 Å². The summed E-state index contributed by atoms with van der Waals surface area (Å²) in [6, 6.07) is 0. The lowest BCUT2D eigenvalue weighted by molar-refractivity contribution is 0.233. The molecular formula is C10H19Cl2N3S. The van der Waals surface area contributed by atoms with Gasteiger partial charge in [-0.1, -0.05) is 0 Å². The maximum Gasteiger partial charge on any atom is 0.107 e. The van der Waals surface area contributed by atoms with Gasteiger partial charge in [0.1, 0.15) is 5.01 Å². The highest BCUT2D eigenvalue weighted by Gasteiger charge is 2.12. The van der Waals surface area contributed by atoms with Gasteiger partial charge in [0.15, 0.2) is 0 Å². The van der Waals surface area contributed by atoms with Crippen LogP contribution in [0.5, 0.6) is 0 Å². The van der Waals surface area contributed by atoms with Crippen LogP contribution in [0, 0.1) is 13.8 Å². The zero-order valence-electron chi connectivity index (χ0n) is 9.65. The van der Waals surface area contributed by atoms with Crippen LogP contribution in [0.15, 0.2) is 0 Å². The predicted molar refractivity (Wildman–Crippen MR) is 74.2 cm³/mol. The molecule has 2 rings (SSSR count). The van der Waals surface area contributed by atoms with Gasteiger partial charge < -0.3 is 5.32 Å². The Morgan fingerprint density at radius 3 is 2.38 bits per heavy atom. The van der Waals surface area contributed by atoms with E-state index in [1.807, 2.05) is 11.3 Å². The molecule has 0 unspecified atom stereocenters. The molecule has 1 aromatic rings.